The molecule has 0 bridgehead atoms. The van der Waals surface area contributed by atoms with Gasteiger partial charge in [0, 0.05) is 19.6 Å². The van der Waals surface area contributed by atoms with Gasteiger partial charge in [0.15, 0.2) is 5.82 Å². The lowest BCUT2D eigenvalue weighted by molar-refractivity contribution is -0.182. The second-order valence-electron chi connectivity index (χ2n) is 7.44. The van der Waals surface area contributed by atoms with E-state index in [-0.39, 0.29) is 49.5 Å². The molecule has 1 aromatic rings. The molecular formula is C18H25F4N5O. The predicted molar refractivity (Wildman–Crippen MR) is 99.2 cm³/mol. The Balaban J connectivity index is 1.75. The van der Waals surface area contributed by atoms with Crippen LogP contribution in [0.5, 0.6) is 0 Å². The number of nitrogens with one attached hydrogen (secondary N) is 2. The Bertz CT molecular complexity index is 719. The highest BCUT2D eigenvalue weighted by Crippen LogP contribution is 2.37. The fraction of sp³-hybridized carbons (Fsp3) is 0.667. The van der Waals surface area contributed by atoms with Crippen LogP contribution in [-0.4, -0.2) is 49.4 Å². The van der Waals surface area contributed by atoms with E-state index < -0.39 is 24.2 Å². The Labute approximate surface area is 160 Å². The molecule has 0 radical (unpaired) electrons. The van der Waals surface area contributed by atoms with E-state index in [2.05, 4.69) is 15.6 Å². The number of amides is 1. The van der Waals surface area contributed by atoms with Crippen LogP contribution in [0.3, 0.4) is 0 Å². The number of carbonyl (C=O) groups excluding carboxylic acids is 1. The fourth-order valence-electron chi connectivity index (χ4n) is 3.87. The molecule has 2 fully saturated rings. The number of rotatable bonds is 4. The van der Waals surface area contributed by atoms with Gasteiger partial charge in [0.25, 0.3) is 5.91 Å². The topological polar surface area (TPSA) is 83.3 Å². The van der Waals surface area contributed by atoms with Crippen molar-refractivity contribution in [3.63, 3.8) is 0 Å². The molecule has 1 saturated heterocycles. The zero-order valence-corrected chi connectivity index (χ0v) is 15.7. The average molecular weight is 403 g/mol. The maximum atomic E-state index is 13.7. The number of halogens is 4. The molecule has 1 aromatic heterocycles. The van der Waals surface area contributed by atoms with Crippen LogP contribution >= 0.6 is 0 Å². The Hall–Kier alpha value is -2.26. The molecule has 156 valence electrons. The van der Waals surface area contributed by atoms with Crippen molar-refractivity contribution in [2.75, 3.05) is 36.1 Å². The van der Waals surface area contributed by atoms with Gasteiger partial charge < -0.3 is 21.3 Å². The number of alkyl halides is 4. The maximum absolute atomic E-state index is 13.7. The summed E-state index contributed by atoms with van der Waals surface area (Å²) in [7, 11) is 1.64. The second-order valence-corrected chi connectivity index (χ2v) is 7.44. The number of hydrogen-bond acceptors (Lipinski definition) is 5. The highest BCUT2D eigenvalue weighted by molar-refractivity contribution is 6.00. The molecule has 1 aliphatic heterocycles. The van der Waals surface area contributed by atoms with E-state index in [1.807, 2.05) is 0 Å². The van der Waals surface area contributed by atoms with Crippen LogP contribution in [0.2, 0.25) is 0 Å². The smallest absolute Gasteiger partial charge is 0.391 e. The maximum Gasteiger partial charge on any atom is 0.391 e. The molecule has 28 heavy (non-hydrogen) atoms. The summed E-state index contributed by atoms with van der Waals surface area (Å²) in [5.74, 6) is -1.04. The molecule has 1 amide bonds. The van der Waals surface area contributed by atoms with E-state index >= 15 is 0 Å². The van der Waals surface area contributed by atoms with E-state index in [0.29, 0.717) is 24.6 Å². The van der Waals surface area contributed by atoms with Gasteiger partial charge >= 0.3 is 6.18 Å². The molecule has 1 unspecified atom stereocenters. The van der Waals surface area contributed by atoms with Crippen molar-refractivity contribution in [1.29, 1.82) is 0 Å². The van der Waals surface area contributed by atoms with Crippen molar-refractivity contribution in [2.24, 2.45) is 5.92 Å². The monoisotopic (exact) mass is 403 g/mol. The highest BCUT2D eigenvalue weighted by Gasteiger charge is 2.41. The molecule has 10 heteroatoms. The van der Waals surface area contributed by atoms with Gasteiger partial charge in [0.05, 0.1) is 23.7 Å². The fourth-order valence-corrected chi connectivity index (χ4v) is 3.87. The van der Waals surface area contributed by atoms with Crippen LogP contribution < -0.4 is 21.3 Å². The quantitative estimate of drug-likeness (QED) is 0.673. The van der Waals surface area contributed by atoms with Crippen molar-refractivity contribution in [1.82, 2.24) is 10.3 Å². The van der Waals surface area contributed by atoms with Gasteiger partial charge in [-0.15, -0.1) is 0 Å². The third-order valence-electron chi connectivity index (χ3n) is 5.47. The number of aromatic nitrogens is 1. The van der Waals surface area contributed by atoms with Gasteiger partial charge in [-0.25, -0.2) is 9.37 Å². The second kappa shape index (κ2) is 8.00. The van der Waals surface area contributed by atoms with Crippen LogP contribution in [0.4, 0.5) is 34.9 Å². The first-order chi connectivity index (χ1) is 13.2. The molecule has 6 nitrogen and oxygen atoms in total. The highest BCUT2D eigenvalue weighted by atomic mass is 19.4. The SMILES string of the molecule is CNc1nc(N2CCC(F)C2)c(C(=O)NC2CCC(C(F)(F)F)CC2)cc1N. The summed E-state index contributed by atoms with van der Waals surface area (Å²) in [5.41, 5.74) is 6.42. The van der Waals surface area contributed by atoms with Gasteiger partial charge in [-0.3, -0.25) is 4.79 Å². The lowest BCUT2D eigenvalue weighted by Gasteiger charge is -2.30. The summed E-state index contributed by atoms with van der Waals surface area (Å²) < 4.78 is 52.1. The van der Waals surface area contributed by atoms with Gasteiger partial charge in [0.2, 0.25) is 0 Å². The standard InChI is InChI=1S/C18H25F4N5O/c1-24-15-14(23)8-13(16(26-15)27-7-6-11(19)9-27)17(28)25-12-4-2-10(3-5-12)18(20,21)22/h8,10-12H,2-7,9,23H2,1H3,(H,24,26)(H,25,28). The summed E-state index contributed by atoms with van der Waals surface area (Å²) in [5, 5.41) is 5.65. The number of pyridine rings is 1. The molecule has 4 N–H and O–H groups in total. The minimum absolute atomic E-state index is 0.00393. The minimum atomic E-state index is -4.19. The van der Waals surface area contributed by atoms with Gasteiger partial charge in [-0.2, -0.15) is 13.2 Å². The number of nitrogens with zero attached hydrogens (tertiary/aromatic N) is 2. The van der Waals surface area contributed by atoms with Crippen molar-refractivity contribution in [3.05, 3.63) is 11.6 Å². The summed E-state index contributed by atoms with van der Waals surface area (Å²) >= 11 is 0. The van der Waals surface area contributed by atoms with Crippen molar-refractivity contribution >= 4 is 23.2 Å². The third-order valence-corrected chi connectivity index (χ3v) is 5.47. The summed E-state index contributed by atoms with van der Waals surface area (Å²) in [6, 6.07) is 1.15. The molecule has 0 aromatic carbocycles. The molecule has 2 aliphatic rings. The van der Waals surface area contributed by atoms with Crippen molar-refractivity contribution < 1.29 is 22.4 Å². The normalized spacial score (nSPS) is 25.6. The molecule has 3 rings (SSSR count). The van der Waals surface area contributed by atoms with Crippen LogP contribution in [0.25, 0.3) is 0 Å². The van der Waals surface area contributed by atoms with Crippen LogP contribution in [-0.2, 0) is 0 Å². The Kier molecular flexibility index (Phi) is 5.85. The molecule has 1 saturated carbocycles. The van der Waals surface area contributed by atoms with Crippen molar-refractivity contribution in [2.45, 2.75) is 50.5 Å². The zero-order valence-electron chi connectivity index (χ0n) is 15.7. The van der Waals surface area contributed by atoms with Crippen molar-refractivity contribution in [3.8, 4) is 0 Å². The predicted octanol–water partition coefficient (Wildman–Crippen LogP) is 3.10. The van der Waals surface area contributed by atoms with E-state index in [9.17, 15) is 22.4 Å². The molecule has 0 spiro atoms. The lowest BCUT2D eigenvalue weighted by Crippen LogP contribution is -2.40. The Morgan fingerprint density at radius 3 is 2.46 bits per heavy atom. The number of nitrogens with two attached hydrogens (primary N) is 1. The first-order valence-electron chi connectivity index (χ1n) is 9.44. The zero-order chi connectivity index (χ0) is 20.5. The first-order valence-corrected chi connectivity index (χ1v) is 9.44. The first kappa shape index (κ1) is 20.5. The van der Waals surface area contributed by atoms with Gasteiger partial charge in [-0.05, 0) is 38.2 Å². The molecular weight excluding hydrogens is 378 g/mol. The third kappa shape index (κ3) is 4.41. The number of hydrogen-bond donors (Lipinski definition) is 3. The lowest BCUT2D eigenvalue weighted by atomic mass is 9.85. The van der Waals surface area contributed by atoms with Gasteiger partial charge in [-0.1, -0.05) is 0 Å². The Morgan fingerprint density at radius 1 is 1.25 bits per heavy atom. The van der Waals surface area contributed by atoms with Crippen LogP contribution in [0.1, 0.15) is 42.5 Å². The minimum Gasteiger partial charge on any atom is -0.396 e. The Morgan fingerprint density at radius 2 is 1.93 bits per heavy atom. The summed E-state index contributed by atoms with van der Waals surface area (Å²) in [6.07, 6.45) is -4.32. The number of carbonyl (C=O) groups is 1. The van der Waals surface area contributed by atoms with Crippen LogP contribution in [0, 0.1) is 5.92 Å². The van der Waals surface area contributed by atoms with Gasteiger partial charge in [0.1, 0.15) is 12.0 Å². The number of nitrogen functional groups attached to an aromatic ring is 1. The van der Waals surface area contributed by atoms with E-state index in [4.69, 9.17) is 5.73 Å². The largest absolute Gasteiger partial charge is 0.396 e. The average Bonchev–Trinajstić information content (AvgIpc) is 3.07. The number of anilines is 3. The molecule has 1 aliphatic carbocycles. The summed E-state index contributed by atoms with van der Waals surface area (Å²) in [4.78, 5) is 18.9. The van der Waals surface area contributed by atoms with Crippen LogP contribution in [0.15, 0.2) is 6.07 Å². The van der Waals surface area contributed by atoms with E-state index in [1.54, 1.807) is 11.9 Å². The molecule has 1 atom stereocenters. The molecule has 2 heterocycles. The van der Waals surface area contributed by atoms with E-state index in [0.717, 1.165) is 0 Å². The van der Waals surface area contributed by atoms with E-state index in [1.165, 1.54) is 6.07 Å². The summed E-state index contributed by atoms with van der Waals surface area (Å²) in [6.45, 7) is 0.565.